The number of amides is 5. The fourth-order valence-corrected chi connectivity index (χ4v) is 8.76. The zero-order chi connectivity index (χ0) is 35.2. The van der Waals surface area contributed by atoms with Gasteiger partial charge >= 0.3 is 6.03 Å². The van der Waals surface area contributed by atoms with Gasteiger partial charge in [0.05, 0.1) is 6.26 Å². The molecule has 4 aliphatic carbocycles. The number of fused-ring (bicyclic) bond motifs is 2. The Kier molecular flexibility index (Phi) is 10.4. The van der Waals surface area contributed by atoms with Gasteiger partial charge in [-0.15, -0.1) is 0 Å². The number of rotatable bonds is 13. The molecular weight excluding hydrogens is 636 g/mol. The van der Waals surface area contributed by atoms with Gasteiger partial charge in [0.2, 0.25) is 27.6 Å². The predicted octanol–water partition coefficient (Wildman–Crippen LogP) is 1.82. The number of allylic oxidation sites excluding steroid dienone is 1. The van der Waals surface area contributed by atoms with E-state index in [4.69, 9.17) is 5.73 Å². The van der Waals surface area contributed by atoms with E-state index in [0.717, 1.165) is 76.0 Å². The second kappa shape index (κ2) is 13.7. The number of nitrogens with zero attached hydrogens (tertiary/aromatic N) is 2. The summed E-state index contributed by atoms with van der Waals surface area (Å²) in [5.41, 5.74) is 5.93. The lowest BCUT2D eigenvalue weighted by Crippen LogP contribution is -2.61. The van der Waals surface area contributed by atoms with Crippen molar-refractivity contribution in [1.82, 2.24) is 25.2 Å². The first-order valence-electron chi connectivity index (χ1n) is 17.5. The maximum absolute atomic E-state index is 14.7. The lowest BCUT2D eigenvalue weighted by atomic mass is 9.83. The molecule has 48 heavy (non-hydrogen) atoms. The molecule has 13 nitrogen and oxygen atoms in total. The summed E-state index contributed by atoms with van der Waals surface area (Å²) < 4.78 is 25.6. The molecule has 4 fully saturated rings. The minimum Gasteiger partial charge on any atom is -0.363 e. The van der Waals surface area contributed by atoms with Crippen molar-refractivity contribution >= 4 is 39.6 Å². The van der Waals surface area contributed by atoms with Gasteiger partial charge in [-0.2, -0.15) is 0 Å². The number of likely N-dealkylation sites (N-methyl/N-ethyl adjacent to an activating group) is 1. The molecule has 0 radical (unpaired) electrons. The number of Topliss-reactive ketones (excluding diaryl/α,β-unsaturated/α-hetero) is 1. The van der Waals surface area contributed by atoms with Crippen molar-refractivity contribution in [3.63, 3.8) is 0 Å². The van der Waals surface area contributed by atoms with Crippen molar-refractivity contribution in [3.05, 3.63) is 11.6 Å². The maximum Gasteiger partial charge on any atom is 0.315 e. The van der Waals surface area contributed by atoms with Gasteiger partial charge in [0, 0.05) is 26.2 Å². The van der Waals surface area contributed by atoms with Crippen LogP contribution in [0.1, 0.15) is 91.4 Å². The Balaban J connectivity index is 1.39. The van der Waals surface area contributed by atoms with Crippen LogP contribution in [-0.2, 0) is 29.2 Å². The Bertz CT molecular complexity index is 1450. The molecule has 1 unspecified atom stereocenters. The van der Waals surface area contributed by atoms with Crippen LogP contribution in [0.15, 0.2) is 11.6 Å². The highest BCUT2D eigenvalue weighted by molar-refractivity contribution is 7.88. The number of urea groups is 1. The molecule has 5 amide bonds. The summed E-state index contributed by atoms with van der Waals surface area (Å²) in [6.07, 6.45) is 12.3. The zero-order valence-corrected chi connectivity index (χ0v) is 29.9. The Labute approximate surface area is 284 Å². The Morgan fingerprint density at radius 3 is 2.21 bits per heavy atom. The molecule has 1 heterocycles. The second-order valence-electron chi connectivity index (χ2n) is 16.1. The van der Waals surface area contributed by atoms with E-state index in [1.807, 2.05) is 26.8 Å². The van der Waals surface area contributed by atoms with Crippen LogP contribution in [0, 0.1) is 28.6 Å². The van der Waals surface area contributed by atoms with Crippen molar-refractivity contribution in [2.24, 2.45) is 34.3 Å². The van der Waals surface area contributed by atoms with Crippen molar-refractivity contribution < 1.29 is 32.4 Å². The number of sulfonamides is 1. The molecule has 5 N–H and O–H groups in total. The highest BCUT2D eigenvalue weighted by atomic mass is 32.2. The van der Waals surface area contributed by atoms with Crippen LogP contribution in [0.25, 0.3) is 0 Å². The average molecular weight is 691 g/mol. The highest BCUT2D eigenvalue weighted by Crippen LogP contribution is 2.66. The first-order chi connectivity index (χ1) is 22.4. The predicted molar refractivity (Wildman–Crippen MR) is 180 cm³/mol. The van der Waals surface area contributed by atoms with Crippen LogP contribution in [0.3, 0.4) is 0 Å². The van der Waals surface area contributed by atoms with Gasteiger partial charge in [0.1, 0.15) is 18.1 Å². The normalized spacial score (nSPS) is 26.7. The number of carbonyl (C=O) groups is 5. The van der Waals surface area contributed by atoms with Gasteiger partial charge in [0.15, 0.2) is 0 Å². The van der Waals surface area contributed by atoms with E-state index < -0.39 is 63.2 Å². The number of hydrogen-bond donors (Lipinski definition) is 4. The van der Waals surface area contributed by atoms with Crippen molar-refractivity contribution in [3.8, 4) is 0 Å². The molecule has 14 heteroatoms. The molecule has 1 aliphatic heterocycles. The van der Waals surface area contributed by atoms with Gasteiger partial charge in [-0.05, 0) is 80.0 Å². The third-order valence-electron chi connectivity index (χ3n) is 11.7. The fourth-order valence-electron chi connectivity index (χ4n) is 8.34. The molecule has 0 aromatic rings. The topological polar surface area (TPSA) is 188 Å². The summed E-state index contributed by atoms with van der Waals surface area (Å²) in [7, 11) is -2.03. The third kappa shape index (κ3) is 8.06. The number of carbonyl (C=O) groups excluding carboxylic acids is 5. The quantitative estimate of drug-likeness (QED) is 0.168. The number of ketones is 1. The zero-order valence-electron chi connectivity index (χ0n) is 29.0. The highest BCUT2D eigenvalue weighted by Gasteiger charge is 2.64. The monoisotopic (exact) mass is 690 g/mol. The van der Waals surface area contributed by atoms with E-state index >= 15 is 0 Å². The standard InChI is InChI=1S/C34H54N6O7S/c1-33(2,3)25(19-39(4)48(5,46)47)37-32(45)38-26(21-9-7-6-8-10-21)31(44)40-18-23-22(13-14-34(23)15-16-34)27(40)30(43)36-24(17-20-11-12-20)28(41)29(35)42/h11,21-27H,6-10,12-19H2,1-5H3,(H2,35,42)(H,36,43)(H2,37,38,45)/t22-,23-,24?,25+,26-,27-/m0/s1. The van der Waals surface area contributed by atoms with Gasteiger partial charge in [-0.3, -0.25) is 19.2 Å². The summed E-state index contributed by atoms with van der Waals surface area (Å²) in [5.74, 6) is -2.82. The van der Waals surface area contributed by atoms with Crippen LogP contribution in [-0.4, -0.2) is 97.7 Å². The number of primary amides is 1. The van der Waals surface area contributed by atoms with Gasteiger partial charge in [0.25, 0.3) is 5.91 Å². The van der Waals surface area contributed by atoms with Crippen molar-refractivity contribution in [1.29, 1.82) is 0 Å². The Morgan fingerprint density at radius 1 is 1.02 bits per heavy atom. The molecule has 268 valence electrons. The van der Waals surface area contributed by atoms with E-state index in [1.54, 1.807) is 4.90 Å². The minimum absolute atomic E-state index is 0.0553. The third-order valence-corrected chi connectivity index (χ3v) is 13.0. The van der Waals surface area contributed by atoms with Crippen LogP contribution in [0.2, 0.25) is 0 Å². The van der Waals surface area contributed by atoms with E-state index in [2.05, 4.69) is 16.0 Å². The molecule has 1 saturated heterocycles. The molecule has 3 saturated carbocycles. The summed E-state index contributed by atoms with van der Waals surface area (Å²) in [5, 5.41) is 8.75. The molecular formula is C34H54N6O7S. The van der Waals surface area contributed by atoms with Gasteiger partial charge in [-0.1, -0.05) is 51.7 Å². The number of nitrogens with two attached hydrogens (primary N) is 1. The molecule has 0 aromatic heterocycles. The van der Waals surface area contributed by atoms with Gasteiger partial charge in [-0.25, -0.2) is 17.5 Å². The molecule has 5 rings (SSSR count). The van der Waals surface area contributed by atoms with Crippen molar-refractivity contribution in [2.45, 2.75) is 116 Å². The second-order valence-corrected chi connectivity index (χ2v) is 18.2. The molecule has 5 aliphatic rings. The van der Waals surface area contributed by atoms with E-state index in [-0.39, 0.29) is 42.0 Å². The van der Waals surface area contributed by atoms with Crippen LogP contribution >= 0.6 is 0 Å². The van der Waals surface area contributed by atoms with Crippen LogP contribution < -0.4 is 21.7 Å². The molecule has 0 bridgehead atoms. The van der Waals surface area contributed by atoms with Gasteiger partial charge < -0.3 is 26.6 Å². The SMILES string of the molecule is CN(C[C@@H](NC(=O)N[C@H](C(=O)N1C[C@H]2[C@H](CCC23CC3)[C@H]1C(=O)NC(CC1=CC1)C(=O)C(N)=O)C1CCCCC1)C(C)(C)C)S(C)(=O)=O. The Hall–Kier alpha value is -3.00. The first-order valence-corrected chi connectivity index (χ1v) is 19.4. The van der Waals surface area contributed by atoms with E-state index in [9.17, 15) is 32.4 Å². The minimum atomic E-state index is -3.49. The lowest BCUT2D eigenvalue weighted by Gasteiger charge is -2.37. The lowest BCUT2D eigenvalue weighted by molar-refractivity contribution is -0.143. The molecule has 6 atom stereocenters. The number of hydrogen-bond acceptors (Lipinski definition) is 7. The number of likely N-dealkylation sites (tertiary alicyclic amines) is 1. The largest absolute Gasteiger partial charge is 0.363 e. The summed E-state index contributed by atoms with van der Waals surface area (Å²) in [4.78, 5) is 68.8. The van der Waals surface area contributed by atoms with Crippen molar-refractivity contribution in [2.75, 3.05) is 26.4 Å². The summed E-state index contributed by atoms with van der Waals surface area (Å²) >= 11 is 0. The summed E-state index contributed by atoms with van der Waals surface area (Å²) in [6, 6.07) is -3.93. The van der Waals surface area contributed by atoms with E-state index in [0.29, 0.717) is 6.54 Å². The molecule has 0 aromatic carbocycles. The smallest absolute Gasteiger partial charge is 0.315 e. The Morgan fingerprint density at radius 2 is 1.67 bits per heavy atom. The molecule has 1 spiro atoms. The van der Waals surface area contributed by atoms with E-state index in [1.165, 1.54) is 11.4 Å². The van der Waals surface area contributed by atoms with Crippen LogP contribution in [0.4, 0.5) is 4.79 Å². The summed E-state index contributed by atoms with van der Waals surface area (Å²) in [6.45, 7) is 6.19. The number of nitrogens with one attached hydrogen (secondary N) is 3. The fraction of sp³-hybridized carbons (Fsp3) is 0.794. The average Bonchev–Trinajstić information content (AvgIpc) is 3.92. The first kappa shape index (κ1) is 36.3. The van der Waals surface area contributed by atoms with Crippen LogP contribution in [0.5, 0.6) is 0 Å². The maximum atomic E-state index is 14.7.